The largest absolute Gasteiger partial charge is 0.462 e. The molecule has 1 atom stereocenters. The number of aliphatic hydroxyl groups excluding tert-OH is 3. The molecule has 0 aliphatic rings. The van der Waals surface area contributed by atoms with Crippen LogP contribution in [0.15, 0.2) is 66.8 Å². The Kier molecular flexibility index (Phi) is 16.5. The van der Waals surface area contributed by atoms with E-state index in [1.165, 1.54) is 47.9 Å². The van der Waals surface area contributed by atoms with Crippen molar-refractivity contribution in [1.29, 1.82) is 0 Å². The summed E-state index contributed by atoms with van der Waals surface area (Å²) in [6, 6.07) is 15.1. The summed E-state index contributed by atoms with van der Waals surface area (Å²) in [5.74, 6) is -0.933. The summed E-state index contributed by atoms with van der Waals surface area (Å²) in [6.07, 6.45) is 8.52. The lowest BCUT2D eigenvalue weighted by Gasteiger charge is -2.16. The Balaban J connectivity index is 0.00000107. The highest BCUT2D eigenvalue weighted by Gasteiger charge is 2.15. The number of ether oxygens (including phenoxy) is 1. The molecule has 2 rings (SSSR count). The molecule has 1 unspecified atom stereocenters. The molecule has 3 N–H and O–H groups in total. The molecule has 0 aromatic heterocycles. The molecule has 0 saturated carbocycles. The molecule has 2 aromatic rings. The van der Waals surface area contributed by atoms with Gasteiger partial charge in [-0.25, -0.2) is 4.79 Å². The van der Waals surface area contributed by atoms with Gasteiger partial charge in [-0.3, -0.25) is 4.79 Å². The van der Waals surface area contributed by atoms with Crippen molar-refractivity contribution in [3.8, 4) is 0 Å². The maximum Gasteiger partial charge on any atom is 0.335 e. The molecule has 6 nitrogen and oxygen atoms in total. The zero-order valence-corrected chi connectivity index (χ0v) is 23.0. The van der Waals surface area contributed by atoms with Gasteiger partial charge in [-0.05, 0) is 59.9 Å². The summed E-state index contributed by atoms with van der Waals surface area (Å²) in [7, 11) is 0. The lowest BCUT2D eigenvalue weighted by atomic mass is 9.94. The zero-order chi connectivity index (χ0) is 28.3. The van der Waals surface area contributed by atoms with E-state index in [-0.39, 0.29) is 36.9 Å². The molecule has 0 radical (unpaired) electrons. The minimum Gasteiger partial charge on any atom is -0.462 e. The van der Waals surface area contributed by atoms with Gasteiger partial charge in [0.2, 0.25) is 0 Å². The molecule has 0 bridgehead atoms. The molecule has 208 valence electrons. The maximum absolute atomic E-state index is 11.7. The van der Waals surface area contributed by atoms with E-state index < -0.39 is 12.6 Å². The number of unbranched alkanes of at least 4 members (excludes halogenated alkanes) is 2. The van der Waals surface area contributed by atoms with Crippen LogP contribution in [0.25, 0.3) is 0 Å². The first-order valence-corrected chi connectivity index (χ1v) is 13.3. The lowest BCUT2D eigenvalue weighted by molar-refractivity contribution is -0.140. The Morgan fingerprint density at radius 2 is 1.55 bits per heavy atom. The third-order valence-electron chi connectivity index (χ3n) is 6.34. The van der Waals surface area contributed by atoms with Crippen LogP contribution in [0.2, 0.25) is 0 Å². The quantitative estimate of drug-likeness (QED) is 0.128. The van der Waals surface area contributed by atoms with Gasteiger partial charge in [0.25, 0.3) is 0 Å². The van der Waals surface area contributed by atoms with Gasteiger partial charge in [0, 0.05) is 11.5 Å². The monoisotopic (exact) mass is 524 g/mol. The van der Waals surface area contributed by atoms with Gasteiger partial charge in [-0.2, -0.15) is 0 Å². The first kappa shape index (κ1) is 33.0. The highest BCUT2D eigenvalue weighted by atomic mass is 16.5. The predicted octanol–water partition coefficient (Wildman–Crippen LogP) is 4.67. The molecular formula is C32H44O6. The van der Waals surface area contributed by atoms with E-state index >= 15 is 0 Å². The number of rotatable bonds is 16. The number of carbonyl (C=O) groups is 2. The molecule has 0 aliphatic heterocycles. The molecular weight excluding hydrogens is 480 g/mol. The Morgan fingerprint density at radius 1 is 0.895 bits per heavy atom. The summed E-state index contributed by atoms with van der Waals surface area (Å²) < 4.78 is 5.14. The third-order valence-corrected chi connectivity index (χ3v) is 6.34. The van der Waals surface area contributed by atoms with E-state index in [1.54, 1.807) is 0 Å². The van der Waals surface area contributed by atoms with Gasteiger partial charge in [0.05, 0.1) is 25.4 Å². The summed E-state index contributed by atoms with van der Waals surface area (Å²) in [6.45, 7) is 10.4. The fourth-order valence-corrected chi connectivity index (χ4v) is 3.85. The van der Waals surface area contributed by atoms with E-state index in [4.69, 9.17) is 14.9 Å². The fraction of sp³-hybridized carbons (Fsp3) is 0.438. The number of aldehydes is 1. The molecule has 0 fully saturated rings. The van der Waals surface area contributed by atoms with Gasteiger partial charge in [0.15, 0.2) is 0 Å². The van der Waals surface area contributed by atoms with Crippen molar-refractivity contribution < 1.29 is 29.6 Å². The lowest BCUT2D eigenvalue weighted by Crippen LogP contribution is -2.17. The van der Waals surface area contributed by atoms with Crippen molar-refractivity contribution in [3.05, 3.63) is 94.6 Å². The predicted molar refractivity (Wildman–Crippen MR) is 152 cm³/mol. The van der Waals surface area contributed by atoms with Crippen molar-refractivity contribution in [3.63, 3.8) is 0 Å². The van der Waals surface area contributed by atoms with Crippen LogP contribution in [-0.2, 0) is 40.0 Å². The average Bonchev–Trinajstić information content (AvgIpc) is 2.96. The fourth-order valence-electron chi connectivity index (χ4n) is 3.85. The molecule has 38 heavy (non-hydrogen) atoms. The van der Waals surface area contributed by atoms with Gasteiger partial charge in [0.1, 0.15) is 12.9 Å². The van der Waals surface area contributed by atoms with Crippen molar-refractivity contribution in [2.45, 2.75) is 64.7 Å². The highest BCUT2D eigenvalue weighted by molar-refractivity contribution is 5.87. The van der Waals surface area contributed by atoms with E-state index in [0.29, 0.717) is 6.29 Å². The normalized spacial score (nSPS) is 11.2. The van der Waals surface area contributed by atoms with Crippen LogP contribution in [0.1, 0.15) is 66.8 Å². The second-order valence-corrected chi connectivity index (χ2v) is 9.33. The Bertz CT molecular complexity index is 1010. The van der Waals surface area contributed by atoms with Crippen molar-refractivity contribution >= 4 is 12.3 Å². The molecule has 0 amide bonds. The number of benzene rings is 2. The van der Waals surface area contributed by atoms with Gasteiger partial charge in [-0.15, -0.1) is 0 Å². The first-order chi connectivity index (χ1) is 18.3. The van der Waals surface area contributed by atoms with Gasteiger partial charge in [-0.1, -0.05) is 82.3 Å². The second-order valence-electron chi connectivity index (χ2n) is 9.33. The van der Waals surface area contributed by atoms with Crippen molar-refractivity contribution in [2.75, 3.05) is 26.4 Å². The Morgan fingerprint density at radius 3 is 2.08 bits per heavy atom. The molecule has 6 heteroatoms. The van der Waals surface area contributed by atoms with Crippen LogP contribution in [0, 0.1) is 0 Å². The molecule has 0 saturated heterocycles. The number of hydrogen-bond acceptors (Lipinski definition) is 6. The number of esters is 1. The smallest absolute Gasteiger partial charge is 0.335 e. The minimum absolute atomic E-state index is 0.0114. The molecule has 0 aliphatic carbocycles. The Labute approximate surface area is 227 Å². The van der Waals surface area contributed by atoms with Crippen LogP contribution in [0.4, 0.5) is 0 Å². The topological polar surface area (TPSA) is 104 Å². The summed E-state index contributed by atoms with van der Waals surface area (Å²) in [5.41, 5.74) is 6.72. The molecule has 0 heterocycles. The van der Waals surface area contributed by atoms with Crippen molar-refractivity contribution in [1.82, 2.24) is 0 Å². The third kappa shape index (κ3) is 12.0. The molecule has 2 aromatic carbocycles. The van der Waals surface area contributed by atoms with E-state index in [2.05, 4.69) is 57.3 Å². The highest BCUT2D eigenvalue weighted by Crippen LogP contribution is 2.20. The van der Waals surface area contributed by atoms with Gasteiger partial charge >= 0.3 is 5.97 Å². The number of aliphatic hydroxyl groups is 3. The van der Waals surface area contributed by atoms with Crippen molar-refractivity contribution in [2.24, 2.45) is 0 Å². The minimum atomic E-state index is -0.634. The summed E-state index contributed by atoms with van der Waals surface area (Å²) in [4.78, 5) is 21.1. The van der Waals surface area contributed by atoms with Crippen LogP contribution in [0.3, 0.4) is 0 Å². The van der Waals surface area contributed by atoms with Crippen LogP contribution in [0.5, 0.6) is 0 Å². The number of carbonyl (C=O) groups excluding carboxylic acids is 2. The SMILES string of the molecule is C=C(C=O)CO.C=C(CO)C(=O)OCC(CO)c1ccc(CCc2ccc(CCCCC)c(CC)c2)cc1. The summed E-state index contributed by atoms with van der Waals surface area (Å²) >= 11 is 0. The van der Waals surface area contributed by atoms with E-state index in [1.807, 2.05) is 12.1 Å². The van der Waals surface area contributed by atoms with Crippen LogP contribution in [-0.4, -0.2) is 54.0 Å². The van der Waals surface area contributed by atoms with Gasteiger partial charge < -0.3 is 20.1 Å². The molecule has 0 spiro atoms. The Hall–Kier alpha value is -3.06. The van der Waals surface area contributed by atoms with E-state index in [9.17, 15) is 14.7 Å². The van der Waals surface area contributed by atoms with E-state index in [0.717, 1.165) is 24.8 Å². The standard InChI is InChI=1S/C28H38O4.C4H6O2/c1-4-6-7-8-25-16-13-23(17-24(25)5-2)10-9-22-11-14-26(15-12-22)27(19-30)20-32-28(31)21(3)18-29;1-4(2-5)3-6/h11-17,27,29-30H,3-10,18-20H2,1-2H3;2,6H,1,3H2. The van der Waals surface area contributed by atoms with Crippen LogP contribution >= 0.6 is 0 Å². The number of hydrogen-bond donors (Lipinski definition) is 3. The zero-order valence-electron chi connectivity index (χ0n) is 23.0. The second kappa shape index (κ2) is 19.1. The maximum atomic E-state index is 11.7. The summed E-state index contributed by atoms with van der Waals surface area (Å²) in [5, 5.41) is 26.6. The first-order valence-electron chi connectivity index (χ1n) is 13.3. The average molecular weight is 525 g/mol. The van der Waals surface area contributed by atoms with Crippen LogP contribution < -0.4 is 0 Å². The number of aryl methyl sites for hydroxylation is 4.